The van der Waals surface area contributed by atoms with E-state index in [0.717, 1.165) is 0 Å². The molecule has 11 nitrogen and oxygen atoms in total. The molecule has 0 unspecified atom stereocenters. The molecule has 0 bridgehead atoms. The van der Waals surface area contributed by atoms with Crippen LogP contribution in [0.2, 0.25) is 0 Å². The van der Waals surface area contributed by atoms with E-state index in [0.29, 0.717) is 39.7 Å². The number of amides is 2. The standard InChI is InChI=1S/C28H23N3O8/c1-16-22(26(33)31(30-16)21-10-6-19(7-11-21)28(36)37)13-17-3-12-23(24(14-17)38-2)39-15-25(32)29-20-8-4-18(5-9-20)27(34)35/h3-14H,15H2,1-2H3,(H,29,32)(H,34,35)(H,36,37)/b22-13+. The van der Waals surface area contributed by atoms with E-state index in [1.807, 2.05) is 0 Å². The van der Waals surface area contributed by atoms with Gasteiger partial charge in [0.15, 0.2) is 18.1 Å². The number of aromatic carboxylic acids is 2. The maximum Gasteiger partial charge on any atom is 0.335 e. The molecule has 4 rings (SSSR count). The molecule has 0 atom stereocenters. The van der Waals surface area contributed by atoms with Gasteiger partial charge in [-0.05, 0) is 79.2 Å². The van der Waals surface area contributed by atoms with Crippen molar-refractivity contribution in [2.75, 3.05) is 24.0 Å². The predicted octanol–water partition coefficient (Wildman–Crippen LogP) is 3.92. The summed E-state index contributed by atoms with van der Waals surface area (Å²) < 4.78 is 11.0. The highest BCUT2D eigenvalue weighted by Crippen LogP contribution is 2.31. The van der Waals surface area contributed by atoms with Crippen molar-refractivity contribution >= 4 is 46.9 Å². The van der Waals surface area contributed by atoms with Crippen LogP contribution in [0.15, 0.2) is 77.4 Å². The third-order valence-electron chi connectivity index (χ3n) is 5.69. The number of benzene rings is 3. The molecule has 0 saturated heterocycles. The molecule has 0 aliphatic carbocycles. The fourth-order valence-electron chi connectivity index (χ4n) is 3.70. The SMILES string of the molecule is COc1cc(/C=C2/C(=O)N(c3ccc(C(=O)O)cc3)N=C2C)ccc1OCC(=O)Nc1ccc(C(=O)O)cc1. The molecule has 1 heterocycles. The Balaban J connectivity index is 1.43. The first kappa shape index (κ1) is 26.6. The molecular formula is C28H23N3O8. The number of nitrogens with one attached hydrogen (secondary N) is 1. The van der Waals surface area contributed by atoms with Crippen molar-refractivity contribution in [3.05, 3.63) is 89.0 Å². The zero-order valence-electron chi connectivity index (χ0n) is 20.9. The van der Waals surface area contributed by atoms with Gasteiger partial charge in [-0.25, -0.2) is 9.59 Å². The van der Waals surface area contributed by atoms with E-state index >= 15 is 0 Å². The lowest BCUT2D eigenvalue weighted by molar-refractivity contribution is -0.118. The Labute approximate surface area is 222 Å². The van der Waals surface area contributed by atoms with Gasteiger partial charge >= 0.3 is 11.9 Å². The van der Waals surface area contributed by atoms with Crippen molar-refractivity contribution in [1.82, 2.24) is 0 Å². The van der Waals surface area contributed by atoms with E-state index in [4.69, 9.17) is 19.7 Å². The fourth-order valence-corrected chi connectivity index (χ4v) is 3.70. The van der Waals surface area contributed by atoms with Crippen LogP contribution in [-0.4, -0.2) is 53.4 Å². The van der Waals surface area contributed by atoms with Gasteiger partial charge in [0, 0.05) is 5.69 Å². The lowest BCUT2D eigenvalue weighted by Crippen LogP contribution is -2.21. The molecular weight excluding hydrogens is 506 g/mol. The van der Waals surface area contributed by atoms with Gasteiger partial charge in [-0.2, -0.15) is 10.1 Å². The second-order valence-electron chi connectivity index (χ2n) is 8.34. The lowest BCUT2D eigenvalue weighted by Gasteiger charge is -2.13. The number of ether oxygens (including phenoxy) is 2. The van der Waals surface area contributed by atoms with Gasteiger partial charge in [-0.15, -0.1) is 0 Å². The van der Waals surface area contributed by atoms with Gasteiger partial charge in [-0.3, -0.25) is 9.59 Å². The number of hydrogen-bond donors (Lipinski definition) is 3. The van der Waals surface area contributed by atoms with Crippen molar-refractivity contribution in [2.24, 2.45) is 5.10 Å². The highest BCUT2D eigenvalue weighted by atomic mass is 16.5. The average molecular weight is 530 g/mol. The second-order valence-corrected chi connectivity index (χ2v) is 8.34. The molecule has 0 spiro atoms. The van der Waals surface area contributed by atoms with Crippen LogP contribution >= 0.6 is 0 Å². The van der Waals surface area contributed by atoms with Crippen molar-refractivity contribution in [3.63, 3.8) is 0 Å². The van der Waals surface area contributed by atoms with Gasteiger partial charge in [0.25, 0.3) is 11.8 Å². The third kappa shape index (κ3) is 6.10. The summed E-state index contributed by atoms with van der Waals surface area (Å²) in [6, 6.07) is 16.5. The number of methoxy groups -OCH3 is 1. The first-order valence-electron chi connectivity index (χ1n) is 11.6. The summed E-state index contributed by atoms with van der Waals surface area (Å²) in [4.78, 5) is 47.4. The van der Waals surface area contributed by atoms with E-state index in [1.54, 1.807) is 31.2 Å². The Morgan fingerprint density at radius 3 is 2.13 bits per heavy atom. The van der Waals surface area contributed by atoms with Crippen molar-refractivity contribution < 1.29 is 38.9 Å². The molecule has 11 heteroatoms. The number of carbonyl (C=O) groups is 4. The number of carboxylic acids is 2. The molecule has 39 heavy (non-hydrogen) atoms. The second kappa shape index (κ2) is 11.3. The molecule has 0 saturated carbocycles. The Kier molecular flexibility index (Phi) is 7.71. The van der Waals surface area contributed by atoms with Crippen LogP contribution in [0.4, 0.5) is 11.4 Å². The Hall–Kier alpha value is -5.45. The van der Waals surface area contributed by atoms with Crippen molar-refractivity contribution in [1.29, 1.82) is 0 Å². The van der Waals surface area contributed by atoms with Gasteiger partial charge < -0.3 is 25.0 Å². The predicted molar refractivity (Wildman–Crippen MR) is 142 cm³/mol. The van der Waals surface area contributed by atoms with Crippen LogP contribution in [0.3, 0.4) is 0 Å². The van der Waals surface area contributed by atoms with E-state index in [-0.39, 0.29) is 23.6 Å². The van der Waals surface area contributed by atoms with E-state index < -0.39 is 17.8 Å². The molecule has 3 N–H and O–H groups in total. The Morgan fingerprint density at radius 2 is 1.54 bits per heavy atom. The molecule has 0 aromatic heterocycles. The summed E-state index contributed by atoms with van der Waals surface area (Å²) in [5, 5.41) is 26.2. The minimum Gasteiger partial charge on any atom is -0.493 e. The molecule has 0 fully saturated rings. The van der Waals surface area contributed by atoms with Crippen LogP contribution in [0.5, 0.6) is 11.5 Å². The first-order valence-corrected chi connectivity index (χ1v) is 11.6. The zero-order valence-corrected chi connectivity index (χ0v) is 20.9. The van der Waals surface area contributed by atoms with Gasteiger partial charge in [0.05, 0.1) is 35.2 Å². The first-order chi connectivity index (χ1) is 18.7. The molecule has 0 radical (unpaired) electrons. The number of carboxylic acid groups (broad SMARTS) is 2. The highest BCUT2D eigenvalue weighted by Gasteiger charge is 2.29. The summed E-state index contributed by atoms with van der Waals surface area (Å²) in [5.74, 6) is -2.31. The summed E-state index contributed by atoms with van der Waals surface area (Å²) in [6.07, 6.45) is 1.65. The fraction of sp³-hybridized carbons (Fsp3) is 0.107. The van der Waals surface area contributed by atoms with Crippen molar-refractivity contribution in [3.8, 4) is 11.5 Å². The maximum atomic E-state index is 13.0. The lowest BCUT2D eigenvalue weighted by atomic mass is 10.1. The minimum absolute atomic E-state index is 0.100. The summed E-state index contributed by atoms with van der Waals surface area (Å²) >= 11 is 0. The molecule has 3 aromatic rings. The minimum atomic E-state index is -1.07. The number of carbonyl (C=O) groups excluding carboxylic acids is 2. The number of hydrogen-bond acceptors (Lipinski definition) is 7. The Bertz CT molecular complexity index is 1510. The number of nitrogens with zero attached hydrogens (tertiary/aromatic N) is 2. The molecule has 2 amide bonds. The molecule has 1 aliphatic heterocycles. The molecule has 1 aliphatic rings. The highest BCUT2D eigenvalue weighted by molar-refractivity contribution is 6.32. The number of hydrazone groups is 1. The van der Waals surface area contributed by atoms with Crippen LogP contribution in [-0.2, 0) is 9.59 Å². The molecule has 3 aromatic carbocycles. The smallest absolute Gasteiger partial charge is 0.335 e. The summed E-state index contributed by atoms with van der Waals surface area (Å²) in [6.45, 7) is 1.37. The van der Waals surface area contributed by atoms with Crippen LogP contribution in [0.25, 0.3) is 6.08 Å². The quantitative estimate of drug-likeness (QED) is 0.353. The normalized spacial score (nSPS) is 13.7. The van der Waals surface area contributed by atoms with Gasteiger partial charge in [0.2, 0.25) is 0 Å². The monoisotopic (exact) mass is 529 g/mol. The van der Waals surface area contributed by atoms with E-state index in [9.17, 15) is 19.2 Å². The van der Waals surface area contributed by atoms with E-state index in [2.05, 4.69) is 10.4 Å². The van der Waals surface area contributed by atoms with Crippen LogP contribution < -0.4 is 19.8 Å². The van der Waals surface area contributed by atoms with Crippen molar-refractivity contribution in [2.45, 2.75) is 6.92 Å². The van der Waals surface area contributed by atoms with Gasteiger partial charge in [-0.1, -0.05) is 6.07 Å². The summed E-state index contributed by atoms with van der Waals surface area (Å²) in [5.41, 5.74) is 2.52. The van der Waals surface area contributed by atoms with Crippen LogP contribution in [0.1, 0.15) is 33.2 Å². The van der Waals surface area contributed by atoms with Gasteiger partial charge in [0.1, 0.15) is 0 Å². The Morgan fingerprint density at radius 1 is 0.923 bits per heavy atom. The topological polar surface area (TPSA) is 155 Å². The largest absolute Gasteiger partial charge is 0.493 e. The number of anilines is 2. The van der Waals surface area contributed by atoms with E-state index in [1.165, 1.54) is 60.6 Å². The third-order valence-corrected chi connectivity index (χ3v) is 5.69. The maximum absolute atomic E-state index is 13.0. The molecule has 198 valence electrons. The van der Waals surface area contributed by atoms with Crippen LogP contribution in [0, 0.1) is 0 Å². The average Bonchev–Trinajstić information content (AvgIpc) is 3.20. The summed E-state index contributed by atoms with van der Waals surface area (Å²) in [7, 11) is 1.44. The zero-order chi connectivity index (χ0) is 28.1. The number of rotatable bonds is 9.